The first-order chi connectivity index (χ1) is 7.15. The van der Waals surface area contributed by atoms with E-state index in [-0.39, 0.29) is 0 Å². The van der Waals surface area contributed by atoms with E-state index in [0.29, 0.717) is 6.04 Å². The highest BCUT2D eigenvalue weighted by atomic mass is 14.9. The van der Waals surface area contributed by atoms with Gasteiger partial charge in [0.05, 0.1) is 0 Å². The van der Waals surface area contributed by atoms with Crippen molar-refractivity contribution in [2.75, 3.05) is 5.32 Å². The number of benzene rings is 1. The summed E-state index contributed by atoms with van der Waals surface area (Å²) in [4.78, 5) is 0. The van der Waals surface area contributed by atoms with Gasteiger partial charge >= 0.3 is 0 Å². The number of hydrogen-bond acceptors (Lipinski definition) is 1. The van der Waals surface area contributed by atoms with Gasteiger partial charge in [-0.25, -0.2) is 0 Å². The number of aryl methyl sites for hydroxylation is 2. The smallest absolute Gasteiger partial charge is 0.0347 e. The molecule has 1 rings (SSSR count). The molecule has 0 aliphatic heterocycles. The van der Waals surface area contributed by atoms with Crippen molar-refractivity contribution in [3.8, 4) is 0 Å². The van der Waals surface area contributed by atoms with E-state index in [0.717, 1.165) is 0 Å². The molecule has 1 nitrogen and oxygen atoms in total. The van der Waals surface area contributed by atoms with Crippen LogP contribution in [0.4, 0.5) is 5.69 Å². The highest BCUT2D eigenvalue weighted by Crippen LogP contribution is 2.17. The Morgan fingerprint density at radius 3 is 2.13 bits per heavy atom. The lowest BCUT2D eigenvalue weighted by atomic mass is 10.1. The van der Waals surface area contributed by atoms with Crippen molar-refractivity contribution in [3.05, 3.63) is 29.3 Å². The second-order valence-electron chi connectivity index (χ2n) is 4.41. The monoisotopic (exact) mass is 205 g/mol. The molecule has 0 aromatic heterocycles. The summed E-state index contributed by atoms with van der Waals surface area (Å²) in [5.41, 5.74) is 3.94. The molecule has 1 unspecified atom stereocenters. The predicted octanol–water partition coefficient (Wildman–Crippen LogP) is 4.29. The molecule has 0 radical (unpaired) electrons. The molecule has 1 atom stereocenters. The van der Waals surface area contributed by atoms with Crippen LogP contribution in [0, 0.1) is 13.8 Å². The van der Waals surface area contributed by atoms with Crippen LogP contribution in [-0.2, 0) is 0 Å². The standard InChI is InChI=1S/C14H23N/c1-5-7-13(6-2)15-14-9-11(3)8-12(4)10-14/h8-10,13,15H,5-7H2,1-4H3. The van der Waals surface area contributed by atoms with Crippen LogP contribution in [0.15, 0.2) is 18.2 Å². The summed E-state index contributed by atoms with van der Waals surface area (Å²) in [6.45, 7) is 8.79. The van der Waals surface area contributed by atoms with E-state index >= 15 is 0 Å². The number of hydrogen-bond donors (Lipinski definition) is 1. The van der Waals surface area contributed by atoms with E-state index in [2.05, 4.69) is 51.2 Å². The Kier molecular flexibility index (Phi) is 4.67. The van der Waals surface area contributed by atoms with E-state index in [1.54, 1.807) is 0 Å². The van der Waals surface area contributed by atoms with Crippen molar-refractivity contribution in [2.24, 2.45) is 0 Å². The molecular formula is C14H23N. The minimum Gasteiger partial charge on any atom is -0.382 e. The highest BCUT2D eigenvalue weighted by Gasteiger charge is 2.04. The van der Waals surface area contributed by atoms with Gasteiger partial charge in [-0.3, -0.25) is 0 Å². The molecule has 0 aliphatic rings. The van der Waals surface area contributed by atoms with Crippen LogP contribution in [0.25, 0.3) is 0 Å². The summed E-state index contributed by atoms with van der Waals surface area (Å²) in [7, 11) is 0. The third-order valence-corrected chi connectivity index (χ3v) is 2.72. The molecule has 0 bridgehead atoms. The van der Waals surface area contributed by atoms with Crippen molar-refractivity contribution >= 4 is 5.69 Å². The molecule has 1 aromatic carbocycles. The van der Waals surface area contributed by atoms with Crippen LogP contribution in [0.2, 0.25) is 0 Å². The van der Waals surface area contributed by atoms with Gasteiger partial charge < -0.3 is 5.32 Å². The molecule has 0 fully saturated rings. The van der Waals surface area contributed by atoms with Crippen LogP contribution in [-0.4, -0.2) is 6.04 Å². The minimum absolute atomic E-state index is 0.621. The summed E-state index contributed by atoms with van der Waals surface area (Å²) in [6.07, 6.45) is 3.70. The first-order valence-electron chi connectivity index (χ1n) is 6.00. The Morgan fingerprint density at radius 2 is 1.67 bits per heavy atom. The zero-order chi connectivity index (χ0) is 11.3. The van der Waals surface area contributed by atoms with Gasteiger partial charge in [-0.2, -0.15) is 0 Å². The van der Waals surface area contributed by atoms with Gasteiger partial charge in [-0.1, -0.05) is 26.3 Å². The van der Waals surface area contributed by atoms with Gasteiger partial charge in [-0.05, 0) is 49.9 Å². The molecule has 0 saturated heterocycles. The molecule has 0 aliphatic carbocycles. The fourth-order valence-corrected chi connectivity index (χ4v) is 2.02. The summed E-state index contributed by atoms with van der Waals surface area (Å²) >= 11 is 0. The van der Waals surface area contributed by atoms with Gasteiger partial charge in [0.2, 0.25) is 0 Å². The van der Waals surface area contributed by atoms with Crippen molar-refractivity contribution < 1.29 is 0 Å². The topological polar surface area (TPSA) is 12.0 Å². The zero-order valence-corrected chi connectivity index (χ0v) is 10.4. The van der Waals surface area contributed by atoms with E-state index < -0.39 is 0 Å². The van der Waals surface area contributed by atoms with Crippen LogP contribution in [0.3, 0.4) is 0 Å². The van der Waals surface area contributed by atoms with E-state index in [4.69, 9.17) is 0 Å². The number of nitrogens with one attached hydrogen (secondary N) is 1. The lowest BCUT2D eigenvalue weighted by Crippen LogP contribution is -2.17. The van der Waals surface area contributed by atoms with Crippen molar-refractivity contribution in [3.63, 3.8) is 0 Å². The average molecular weight is 205 g/mol. The maximum atomic E-state index is 3.61. The minimum atomic E-state index is 0.621. The van der Waals surface area contributed by atoms with Crippen LogP contribution < -0.4 is 5.32 Å². The first-order valence-corrected chi connectivity index (χ1v) is 6.00. The summed E-state index contributed by atoms with van der Waals surface area (Å²) in [5, 5.41) is 3.61. The second kappa shape index (κ2) is 5.79. The van der Waals surface area contributed by atoms with E-state index in [1.165, 1.54) is 36.1 Å². The van der Waals surface area contributed by atoms with E-state index in [1.807, 2.05) is 0 Å². The second-order valence-corrected chi connectivity index (χ2v) is 4.41. The Balaban J connectivity index is 2.69. The van der Waals surface area contributed by atoms with Crippen LogP contribution >= 0.6 is 0 Å². The number of rotatable bonds is 5. The molecule has 0 amide bonds. The average Bonchev–Trinajstić information content (AvgIpc) is 2.15. The van der Waals surface area contributed by atoms with Crippen LogP contribution in [0.1, 0.15) is 44.2 Å². The maximum absolute atomic E-state index is 3.61. The quantitative estimate of drug-likeness (QED) is 0.756. The molecule has 1 heteroatoms. The van der Waals surface area contributed by atoms with E-state index in [9.17, 15) is 0 Å². The Morgan fingerprint density at radius 1 is 1.07 bits per heavy atom. The van der Waals surface area contributed by atoms with Gasteiger partial charge in [0.1, 0.15) is 0 Å². The molecule has 1 aromatic rings. The zero-order valence-electron chi connectivity index (χ0n) is 10.4. The van der Waals surface area contributed by atoms with Crippen molar-refractivity contribution in [2.45, 2.75) is 53.0 Å². The van der Waals surface area contributed by atoms with Gasteiger partial charge in [-0.15, -0.1) is 0 Å². The molecule has 15 heavy (non-hydrogen) atoms. The maximum Gasteiger partial charge on any atom is 0.0347 e. The summed E-state index contributed by atoms with van der Waals surface area (Å²) < 4.78 is 0. The lowest BCUT2D eigenvalue weighted by molar-refractivity contribution is 0.623. The van der Waals surface area contributed by atoms with Gasteiger partial charge in [0.25, 0.3) is 0 Å². The lowest BCUT2D eigenvalue weighted by Gasteiger charge is -2.18. The fourth-order valence-electron chi connectivity index (χ4n) is 2.02. The molecule has 84 valence electrons. The van der Waals surface area contributed by atoms with Crippen LogP contribution in [0.5, 0.6) is 0 Å². The molecule has 1 N–H and O–H groups in total. The van der Waals surface area contributed by atoms with Gasteiger partial charge in [0, 0.05) is 11.7 Å². The van der Waals surface area contributed by atoms with Crippen molar-refractivity contribution in [1.82, 2.24) is 0 Å². The van der Waals surface area contributed by atoms with Gasteiger partial charge in [0.15, 0.2) is 0 Å². The third-order valence-electron chi connectivity index (χ3n) is 2.72. The SMILES string of the molecule is CCCC(CC)Nc1cc(C)cc(C)c1. The molecule has 0 spiro atoms. The number of anilines is 1. The first kappa shape index (κ1) is 12.1. The fraction of sp³-hybridized carbons (Fsp3) is 0.571. The predicted molar refractivity (Wildman–Crippen MR) is 68.5 cm³/mol. The normalized spacial score (nSPS) is 12.5. The largest absolute Gasteiger partial charge is 0.382 e. The third kappa shape index (κ3) is 3.94. The summed E-state index contributed by atoms with van der Waals surface area (Å²) in [6, 6.07) is 7.29. The Hall–Kier alpha value is -0.980. The molecule has 0 saturated carbocycles. The van der Waals surface area contributed by atoms with Crippen molar-refractivity contribution in [1.29, 1.82) is 0 Å². The molecular weight excluding hydrogens is 182 g/mol. The Bertz CT molecular complexity index is 284. The highest BCUT2D eigenvalue weighted by molar-refractivity contribution is 5.49. The molecule has 0 heterocycles. The Labute approximate surface area is 93.9 Å². The summed E-state index contributed by atoms with van der Waals surface area (Å²) in [5.74, 6) is 0.